The Morgan fingerprint density at radius 1 is 1.15 bits per heavy atom. The predicted molar refractivity (Wildman–Crippen MR) is 54.9 cm³/mol. The fourth-order valence-electron chi connectivity index (χ4n) is 1.58. The van der Waals surface area contributed by atoms with Gasteiger partial charge in [-0.25, -0.2) is 0 Å². The molecule has 66 valence electrons. The number of ether oxygens (including phenoxy) is 1. The van der Waals surface area contributed by atoms with Crippen molar-refractivity contribution < 1.29 is 4.74 Å². The van der Waals surface area contributed by atoms with Gasteiger partial charge in [0, 0.05) is 18.8 Å². The zero-order valence-electron chi connectivity index (χ0n) is 7.57. The SMILES string of the molecule is [B]c1ccccc1N1CCOCC1. The maximum absolute atomic E-state index is 5.87. The summed E-state index contributed by atoms with van der Waals surface area (Å²) in [5.41, 5.74) is 1.98. The molecule has 0 bridgehead atoms. The largest absolute Gasteiger partial charge is 0.378 e. The number of para-hydroxylation sites is 1. The van der Waals surface area contributed by atoms with Crippen LogP contribution < -0.4 is 10.4 Å². The summed E-state index contributed by atoms with van der Waals surface area (Å²) in [5.74, 6) is 0. The van der Waals surface area contributed by atoms with Crippen molar-refractivity contribution in [1.29, 1.82) is 0 Å². The summed E-state index contributed by atoms with van der Waals surface area (Å²) in [5, 5.41) is 0. The van der Waals surface area contributed by atoms with Crippen molar-refractivity contribution in [1.82, 2.24) is 0 Å². The smallest absolute Gasteiger partial charge is 0.116 e. The Balaban J connectivity index is 2.18. The number of morpholine rings is 1. The van der Waals surface area contributed by atoms with Gasteiger partial charge in [-0.3, -0.25) is 0 Å². The fraction of sp³-hybridized carbons (Fsp3) is 0.400. The molecule has 0 aromatic heterocycles. The highest BCUT2D eigenvalue weighted by Crippen LogP contribution is 2.11. The first kappa shape index (κ1) is 8.63. The Hall–Kier alpha value is -0.955. The van der Waals surface area contributed by atoms with Crippen LogP contribution in [0.25, 0.3) is 0 Å². The summed E-state index contributed by atoms with van der Waals surface area (Å²) in [6.45, 7) is 3.48. The Morgan fingerprint density at radius 3 is 2.54 bits per heavy atom. The third-order valence-electron chi connectivity index (χ3n) is 2.29. The molecule has 0 unspecified atom stereocenters. The van der Waals surface area contributed by atoms with Crippen LogP contribution in [0.5, 0.6) is 0 Å². The van der Waals surface area contributed by atoms with E-state index in [1.807, 2.05) is 18.2 Å². The van der Waals surface area contributed by atoms with Crippen LogP contribution in [-0.4, -0.2) is 34.1 Å². The molecule has 1 saturated heterocycles. The van der Waals surface area contributed by atoms with Crippen molar-refractivity contribution in [3.8, 4) is 0 Å². The molecular weight excluding hydrogens is 161 g/mol. The molecule has 0 N–H and O–H groups in total. The van der Waals surface area contributed by atoms with Gasteiger partial charge in [-0.15, -0.1) is 0 Å². The van der Waals surface area contributed by atoms with Gasteiger partial charge in [-0.2, -0.15) is 0 Å². The van der Waals surface area contributed by atoms with E-state index in [9.17, 15) is 0 Å². The fourth-order valence-corrected chi connectivity index (χ4v) is 1.58. The van der Waals surface area contributed by atoms with Crippen LogP contribution in [0.4, 0.5) is 5.69 Å². The molecule has 1 aliphatic heterocycles. The third kappa shape index (κ3) is 1.86. The van der Waals surface area contributed by atoms with E-state index in [-0.39, 0.29) is 0 Å². The quantitative estimate of drug-likeness (QED) is 0.567. The normalized spacial score (nSPS) is 17.4. The standard InChI is InChI=1S/C10H12BNO/c11-9-3-1-2-4-10(9)12-5-7-13-8-6-12/h1-4H,5-8H2. The summed E-state index contributed by atoms with van der Waals surface area (Å²) in [4.78, 5) is 2.26. The molecule has 0 amide bonds. The van der Waals surface area contributed by atoms with Crippen LogP contribution in [0.3, 0.4) is 0 Å². The summed E-state index contributed by atoms with van der Waals surface area (Å²) in [6.07, 6.45) is 0. The van der Waals surface area contributed by atoms with Crippen molar-refractivity contribution in [2.24, 2.45) is 0 Å². The Labute approximate surface area is 79.9 Å². The second-order valence-electron chi connectivity index (χ2n) is 3.16. The molecule has 1 aliphatic rings. The van der Waals surface area contributed by atoms with E-state index in [1.54, 1.807) is 0 Å². The monoisotopic (exact) mass is 173 g/mol. The molecule has 2 nitrogen and oxygen atoms in total. The van der Waals surface area contributed by atoms with Gasteiger partial charge in [-0.05, 0) is 6.07 Å². The van der Waals surface area contributed by atoms with Gasteiger partial charge >= 0.3 is 0 Å². The Kier molecular flexibility index (Phi) is 2.55. The lowest BCUT2D eigenvalue weighted by atomic mass is 9.93. The first-order valence-electron chi connectivity index (χ1n) is 4.55. The minimum atomic E-state index is 0.800. The van der Waals surface area contributed by atoms with E-state index in [4.69, 9.17) is 12.6 Å². The van der Waals surface area contributed by atoms with Gasteiger partial charge in [0.2, 0.25) is 0 Å². The first-order valence-corrected chi connectivity index (χ1v) is 4.55. The number of hydrogen-bond donors (Lipinski definition) is 0. The van der Waals surface area contributed by atoms with Gasteiger partial charge < -0.3 is 9.64 Å². The summed E-state index contributed by atoms with van der Waals surface area (Å²) in [7, 11) is 5.87. The zero-order chi connectivity index (χ0) is 9.10. The Morgan fingerprint density at radius 2 is 1.85 bits per heavy atom. The number of hydrogen-bond acceptors (Lipinski definition) is 2. The second kappa shape index (κ2) is 3.84. The van der Waals surface area contributed by atoms with Crippen LogP contribution in [0.1, 0.15) is 0 Å². The lowest BCUT2D eigenvalue weighted by molar-refractivity contribution is 0.123. The molecule has 1 aromatic carbocycles. The number of rotatable bonds is 1. The van der Waals surface area contributed by atoms with E-state index >= 15 is 0 Å². The molecule has 2 radical (unpaired) electrons. The lowest BCUT2D eigenvalue weighted by Gasteiger charge is -2.30. The molecule has 0 atom stereocenters. The van der Waals surface area contributed by atoms with Gasteiger partial charge in [-0.1, -0.05) is 23.7 Å². The van der Waals surface area contributed by atoms with E-state index in [0.717, 1.165) is 37.5 Å². The molecule has 13 heavy (non-hydrogen) atoms. The van der Waals surface area contributed by atoms with Crippen LogP contribution in [0.15, 0.2) is 24.3 Å². The number of anilines is 1. The molecule has 2 rings (SSSR count). The highest BCUT2D eigenvalue weighted by Gasteiger charge is 2.11. The topological polar surface area (TPSA) is 12.5 Å². The van der Waals surface area contributed by atoms with Gasteiger partial charge in [0.25, 0.3) is 0 Å². The van der Waals surface area contributed by atoms with Crippen molar-refractivity contribution in [3.05, 3.63) is 24.3 Å². The zero-order valence-corrected chi connectivity index (χ0v) is 7.57. The average molecular weight is 173 g/mol. The molecule has 0 saturated carbocycles. The molecular formula is C10H12BNO. The van der Waals surface area contributed by atoms with Crippen LogP contribution in [0.2, 0.25) is 0 Å². The van der Waals surface area contributed by atoms with Crippen LogP contribution in [-0.2, 0) is 4.74 Å². The Bertz CT molecular complexity index is 284. The lowest BCUT2D eigenvalue weighted by Crippen LogP contribution is -2.38. The van der Waals surface area contributed by atoms with Gasteiger partial charge in [0.1, 0.15) is 7.85 Å². The van der Waals surface area contributed by atoms with E-state index in [0.29, 0.717) is 0 Å². The van der Waals surface area contributed by atoms with E-state index in [2.05, 4.69) is 11.0 Å². The highest BCUT2D eigenvalue weighted by atomic mass is 16.5. The molecule has 0 spiro atoms. The van der Waals surface area contributed by atoms with Crippen molar-refractivity contribution >= 4 is 19.0 Å². The molecule has 1 fully saturated rings. The molecule has 1 aromatic rings. The minimum Gasteiger partial charge on any atom is -0.378 e. The van der Waals surface area contributed by atoms with Crippen molar-refractivity contribution in [2.75, 3.05) is 31.2 Å². The second-order valence-corrected chi connectivity index (χ2v) is 3.16. The van der Waals surface area contributed by atoms with Crippen LogP contribution >= 0.6 is 0 Å². The van der Waals surface area contributed by atoms with Gasteiger partial charge in [0.05, 0.1) is 13.2 Å². The summed E-state index contributed by atoms with van der Waals surface area (Å²) in [6, 6.07) is 7.96. The maximum atomic E-state index is 5.87. The van der Waals surface area contributed by atoms with Crippen LogP contribution in [0, 0.1) is 0 Å². The predicted octanol–water partition coefficient (Wildman–Crippen LogP) is 0.317. The van der Waals surface area contributed by atoms with E-state index in [1.165, 1.54) is 0 Å². The number of benzene rings is 1. The van der Waals surface area contributed by atoms with Gasteiger partial charge in [0.15, 0.2) is 0 Å². The third-order valence-corrected chi connectivity index (χ3v) is 2.29. The number of nitrogens with zero attached hydrogens (tertiary/aromatic N) is 1. The van der Waals surface area contributed by atoms with Crippen molar-refractivity contribution in [2.45, 2.75) is 0 Å². The average Bonchev–Trinajstić information content (AvgIpc) is 2.20. The molecule has 1 heterocycles. The van der Waals surface area contributed by atoms with E-state index < -0.39 is 0 Å². The van der Waals surface area contributed by atoms with Crippen molar-refractivity contribution in [3.63, 3.8) is 0 Å². The molecule has 0 aliphatic carbocycles. The molecule has 3 heteroatoms. The highest BCUT2D eigenvalue weighted by molar-refractivity contribution is 6.35. The minimum absolute atomic E-state index is 0.800. The first-order chi connectivity index (χ1) is 6.38. The maximum Gasteiger partial charge on any atom is 0.116 e. The summed E-state index contributed by atoms with van der Waals surface area (Å²) < 4.78 is 5.28. The summed E-state index contributed by atoms with van der Waals surface area (Å²) >= 11 is 0.